The Morgan fingerprint density at radius 2 is 2.20 bits per heavy atom. The molecule has 1 aliphatic carbocycles. The topological polar surface area (TPSA) is 29.1 Å². The lowest BCUT2D eigenvalue weighted by Crippen LogP contribution is -2.25. The molecule has 2 heteroatoms. The van der Waals surface area contributed by atoms with Crippen LogP contribution in [0.4, 0.5) is 0 Å². The minimum atomic E-state index is 0.0460. The number of amides is 1. The average Bonchev–Trinajstić information content (AvgIpc) is 2.19. The molecule has 0 spiro atoms. The van der Waals surface area contributed by atoms with E-state index in [9.17, 15) is 4.79 Å². The maximum Gasteiger partial charge on any atom is 0.251 e. The molecular weight excluding hydrogens is 186 g/mol. The lowest BCUT2D eigenvalue weighted by Gasteiger charge is -2.14. The molecular formula is C13H15NO. The average molecular weight is 201 g/mol. The van der Waals surface area contributed by atoms with E-state index in [2.05, 4.69) is 12.2 Å². The van der Waals surface area contributed by atoms with Gasteiger partial charge in [0.2, 0.25) is 0 Å². The van der Waals surface area contributed by atoms with Crippen molar-refractivity contribution in [3.63, 3.8) is 0 Å². The fraction of sp³-hybridized carbons (Fsp3) is 0.308. The first-order chi connectivity index (χ1) is 7.33. The number of benzene rings is 1. The van der Waals surface area contributed by atoms with Crippen LogP contribution >= 0.6 is 0 Å². The van der Waals surface area contributed by atoms with Crippen LogP contribution in [0, 0.1) is 0 Å². The second-order valence-corrected chi connectivity index (χ2v) is 3.75. The molecule has 0 saturated carbocycles. The van der Waals surface area contributed by atoms with Gasteiger partial charge in [-0.15, -0.1) is 0 Å². The Morgan fingerprint density at radius 3 is 2.87 bits per heavy atom. The van der Waals surface area contributed by atoms with Gasteiger partial charge in [0.25, 0.3) is 5.91 Å². The van der Waals surface area contributed by atoms with Gasteiger partial charge < -0.3 is 5.32 Å². The quantitative estimate of drug-likeness (QED) is 0.757. The molecule has 15 heavy (non-hydrogen) atoms. The van der Waals surface area contributed by atoms with Crippen molar-refractivity contribution in [1.29, 1.82) is 0 Å². The molecule has 0 atom stereocenters. The monoisotopic (exact) mass is 201 g/mol. The molecule has 0 heterocycles. The second-order valence-electron chi connectivity index (χ2n) is 3.75. The molecule has 0 saturated heterocycles. The molecule has 2 nitrogen and oxygen atoms in total. The lowest BCUT2D eigenvalue weighted by atomic mass is 9.92. The molecule has 1 amide bonds. The van der Waals surface area contributed by atoms with Crippen molar-refractivity contribution in [3.8, 4) is 0 Å². The van der Waals surface area contributed by atoms with Gasteiger partial charge in [-0.25, -0.2) is 0 Å². The molecule has 0 bridgehead atoms. The Hall–Kier alpha value is -1.57. The van der Waals surface area contributed by atoms with E-state index in [1.54, 1.807) is 0 Å². The van der Waals surface area contributed by atoms with Crippen LogP contribution in [-0.2, 0) is 0 Å². The van der Waals surface area contributed by atoms with Crippen LogP contribution in [0.3, 0.4) is 0 Å². The highest BCUT2D eigenvalue weighted by Crippen LogP contribution is 2.26. The number of carbonyl (C=O) groups excluding carboxylic acids is 1. The Bertz CT molecular complexity index is 407. The molecule has 78 valence electrons. The molecule has 0 fully saturated rings. The van der Waals surface area contributed by atoms with E-state index in [1.807, 2.05) is 30.4 Å². The Morgan fingerprint density at radius 1 is 1.33 bits per heavy atom. The number of rotatable bonds is 4. The van der Waals surface area contributed by atoms with E-state index in [4.69, 9.17) is 0 Å². The molecule has 0 radical (unpaired) electrons. The van der Waals surface area contributed by atoms with Gasteiger partial charge in [0.05, 0.1) is 0 Å². The highest BCUT2D eigenvalue weighted by Gasteiger charge is 2.15. The zero-order valence-electron chi connectivity index (χ0n) is 8.92. The highest BCUT2D eigenvalue weighted by molar-refractivity contribution is 6.03. The number of hydrogen-bond acceptors (Lipinski definition) is 1. The molecule has 1 N–H and O–H groups in total. The maximum absolute atomic E-state index is 11.8. The van der Waals surface area contributed by atoms with Gasteiger partial charge in [-0.3, -0.25) is 4.79 Å². The molecule has 2 rings (SSSR count). The van der Waals surface area contributed by atoms with E-state index in [0.29, 0.717) is 0 Å². The minimum Gasteiger partial charge on any atom is -0.352 e. The molecule has 0 aromatic heterocycles. The molecule has 1 aromatic rings. The van der Waals surface area contributed by atoms with E-state index in [-0.39, 0.29) is 5.91 Å². The Kier molecular flexibility index (Phi) is 2.86. The SMILES string of the molecule is CCCCNC(=O)c1cccc2c1C=C2. The summed E-state index contributed by atoms with van der Waals surface area (Å²) in [5, 5.41) is 2.93. The zero-order chi connectivity index (χ0) is 10.7. The molecule has 1 aliphatic rings. The predicted octanol–water partition coefficient (Wildman–Crippen LogP) is 2.70. The molecule has 1 aromatic carbocycles. The zero-order valence-corrected chi connectivity index (χ0v) is 8.92. The van der Waals surface area contributed by atoms with Crippen molar-refractivity contribution in [2.45, 2.75) is 19.8 Å². The van der Waals surface area contributed by atoms with Crippen molar-refractivity contribution in [2.75, 3.05) is 6.54 Å². The van der Waals surface area contributed by atoms with E-state index in [1.165, 1.54) is 0 Å². The third kappa shape index (κ3) is 1.94. The normalized spacial score (nSPS) is 11.8. The van der Waals surface area contributed by atoms with Crippen LogP contribution in [0.5, 0.6) is 0 Å². The second kappa shape index (κ2) is 4.30. The van der Waals surface area contributed by atoms with Crippen LogP contribution in [0.15, 0.2) is 18.2 Å². The van der Waals surface area contributed by atoms with E-state index < -0.39 is 0 Å². The van der Waals surface area contributed by atoms with Crippen LogP contribution in [0.1, 0.15) is 41.3 Å². The summed E-state index contributed by atoms with van der Waals surface area (Å²) in [6.07, 6.45) is 6.16. The summed E-state index contributed by atoms with van der Waals surface area (Å²) < 4.78 is 0. The fourth-order valence-corrected chi connectivity index (χ4v) is 1.66. The van der Waals surface area contributed by atoms with Crippen LogP contribution in [-0.4, -0.2) is 12.5 Å². The summed E-state index contributed by atoms with van der Waals surface area (Å²) in [4.78, 5) is 11.8. The predicted molar refractivity (Wildman–Crippen MR) is 62.6 cm³/mol. The van der Waals surface area contributed by atoms with Gasteiger partial charge in [-0.2, -0.15) is 0 Å². The minimum absolute atomic E-state index is 0.0460. The van der Waals surface area contributed by atoms with Crippen molar-refractivity contribution in [2.24, 2.45) is 0 Å². The van der Waals surface area contributed by atoms with Gasteiger partial charge in [0.1, 0.15) is 0 Å². The number of unbranched alkanes of at least 4 members (excludes halogenated alkanes) is 1. The summed E-state index contributed by atoms with van der Waals surface area (Å²) in [6.45, 7) is 2.88. The third-order valence-electron chi connectivity index (χ3n) is 2.63. The Labute approximate surface area is 90.0 Å². The number of carbonyl (C=O) groups is 1. The first-order valence-electron chi connectivity index (χ1n) is 5.42. The van der Waals surface area contributed by atoms with Crippen molar-refractivity contribution >= 4 is 18.1 Å². The van der Waals surface area contributed by atoms with Gasteiger partial charge in [0.15, 0.2) is 0 Å². The summed E-state index contributed by atoms with van der Waals surface area (Å²) in [5.74, 6) is 0.0460. The van der Waals surface area contributed by atoms with Crippen LogP contribution < -0.4 is 5.32 Å². The highest BCUT2D eigenvalue weighted by atomic mass is 16.1. The summed E-state index contributed by atoms with van der Waals surface area (Å²) in [7, 11) is 0. The lowest BCUT2D eigenvalue weighted by molar-refractivity contribution is 0.0953. The van der Waals surface area contributed by atoms with Crippen LogP contribution in [0.2, 0.25) is 0 Å². The molecule has 0 aliphatic heterocycles. The first kappa shape index (κ1) is 9.97. The number of fused-ring (bicyclic) bond motifs is 1. The van der Waals surface area contributed by atoms with Gasteiger partial charge >= 0.3 is 0 Å². The summed E-state index contributed by atoms with van der Waals surface area (Å²) >= 11 is 0. The third-order valence-corrected chi connectivity index (χ3v) is 2.63. The number of nitrogens with one attached hydrogen (secondary N) is 1. The van der Waals surface area contributed by atoms with Crippen LogP contribution in [0.25, 0.3) is 12.2 Å². The smallest absolute Gasteiger partial charge is 0.251 e. The van der Waals surface area contributed by atoms with E-state index in [0.717, 1.165) is 36.1 Å². The standard InChI is InChI=1S/C13H15NO/c1-2-3-9-14-13(15)12-6-4-5-10-7-8-11(10)12/h4-8H,2-3,9H2,1H3,(H,14,15). The number of hydrogen-bond donors (Lipinski definition) is 1. The first-order valence-corrected chi connectivity index (χ1v) is 5.42. The van der Waals surface area contributed by atoms with Gasteiger partial charge in [-0.05, 0) is 23.6 Å². The molecule has 0 unspecified atom stereocenters. The largest absolute Gasteiger partial charge is 0.352 e. The summed E-state index contributed by atoms with van der Waals surface area (Å²) in [6, 6.07) is 5.83. The maximum atomic E-state index is 11.8. The summed E-state index contributed by atoms with van der Waals surface area (Å²) in [5.41, 5.74) is 3.04. The van der Waals surface area contributed by atoms with E-state index >= 15 is 0 Å². The fourth-order valence-electron chi connectivity index (χ4n) is 1.66. The van der Waals surface area contributed by atoms with Crippen molar-refractivity contribution in [3.05, 3.63) is 34.9 Å². The van der Waals surface area contributed by atoms with Gasteiger partial charge in [0, 0.05) is 12.1 Å². The van der Waals surface area contributed by atoms with Crippen molar-refractivity contribution < 1.29 is 4.79 Å². The van der Waals surface area contributed by atoms with Crippen molar-refractivity contribution in [1.82, 2.24) is 5.32 Å². The Balaban J connectivity index is 2.04. The van der Waals surface area contributed by atoms with Gasteiger partial charge in [-0.1, -0.05) is 37.6 Å².